The summed E-state index contributed by atoms with van der Waals surface area (Å²) in [6, 6.07) is 0. The summed E-state index contributed by atoms with van der Waals surface area (Å²) in [4.78, 5) is 0. The third kappa shape index (κ3) is 4.78. The molecule has 0 bridgehead atoms. The number of rotatable bonds is 1. The molecule has 0 aromatic heterocycles. The van der Waals surface area contributed by atoms with E-state index in [9.17, 15) is 0 Å². The first kappa shape index (κ1) is 20.5. The van der Waals surface area contributed by atoms with Gasteiger partial charge in [0.25, 0.3) is 0 Å². The molecule has 0 heterocycles. The molecular formula is C9H15Cl3SiV. The van der Waals surface area contributed by atoms with Crippen molar-refractivity contribution in [1.29, 1.82) is 0 Å². The minimum atomic E-state index is -1.05. The molecule has 5 heteroatoms. The Balaban J connectivity index is -0.000000403. The first-order chi connectivity index (χ1) is 4.93. The maximum Gasteiger partial charge on any atom is -1.00 e. The van der Waals surface area contributed by atoms with E-state index in [2.05, 4.69) is 50.1 Å². The van der Waals surface area contributed by atoms with E-state index < -0.39 is 8.07 Å². The minimum absolute atomic E-state index is 0. The predicted molar refractivity (Wildman–Crippen MR) is 48.7 cm³/mol. The van der Waals surface area contributed by atoms with Crippen molar-refractivity contribution in [3.05, 3.63) is 21.1 Å². The predicted octanol–water partition coefficient (Wildman–Crippen LogP) is -5.97. The van der Waals surface area contributed by atoms with Gasteiger partial charge in [-0.3, -0.25) is 0 Å². The third-order valence-corrected chi connectivity index (χ3v) is 5.20. The molecule has 0 radical (unpaired) electrons. The topological polar surface area (TPSA) is 0 Å². The monoisotopic (exact) mass is 307 g/mol. The summed E-state index contributed by atoms with van der Waals surface area (Å²) in [5, 5.41) is 1.68. The van der Waals surface area contributed by atoms with E-state index in [1.54, 1.807) is 10.8 Å². The van der Waals surface area contributed by atoms with E-state index in [4.69, 9.17) is 0 Å². The second-order valence-electron chi connectivity index (χ2n) is 4.20. The average molecular weight is 309 g/mol. The normalized spacial score (nSPS) is 15.1. The molecule has 1 aliphatic carbocycles. The Morgan fingerprint density at radius 2 is 1.57 bits per heavy atom. The van der Waals surface area contributed by atoms with Crippen LogP contribution in [0.3, 0.4) is 0 Å². The molecule has 1 aliphatic rings. The van der Waals surface area contributed by atoms with E-state index >= 15 is 0 Å². The molecule has 1 rings (SSSR count). The molecule has 0 aromatic carbocycles. The number of hydrogen-bond donors (Lipinski definition) is 0. The molecule has 81 valence electrons. The van der Waals surface area contributed by atoms with Gasteiger partial charge in [-0.25, -0.2) is 0 Å². The van der Waals surface area contributed by atoms with Crippen molar-refractivity contribution in [3.63, 3.8) is 0 Å². The molecule has 0 spiro atoms. The largest absolute Gasteiger partial charge is 1.00 e. The van der Waals surface area contributed by atoms with Crippen LogP contribution < -0.4 is 37.2 Å². The van der Waals surface area contributed by atoms with Crippen LogP contribution in [0.1, 0.15) is 13.3 Å². The van der Waals surface area contributed by atoms with Crippen molar-refractivity contribution in [2.24, 2.45) is 0 Å². The molecule has 0 amide bonds. The van der Waals surface area contributed by atoms with Crippen LogP contribution in [-0.2, 0) is 17.4 Å². The fourth-order valence-corrected chi connectivity index (χ4v) is 5.96. The van der Waals surface area contributed by atoms with Gasteiger partial charge in [0.1, 0.15) is 0 Å². The van der Waals surface area contributed by atoms with E-state index in [0.29, 0.717) is 0 Å². The van der Waals surface area contributed by atoms with Crippen LogP contribution in [0.25, 0.3) is 0 Å². The van der Waals surface area contributed by atoms with Gasteiger partial charge in [0, 0.05) is 0 Å². The van der Waals surface area contributed by atoms with Gasteiger partial charge in [-0.15, -0.1) is 0 Å². The van der Waals surface area contributed by atoms with Gasteiger partial charge in [0.2, 0.25) is 0 Å². The third-order valence-electron chi connectivity index (χ3n) is 2.03. The zero-order valence-corrected chi connectivity index (χ0v) is 13.5. The van der Waals surface area contributed by atoms with E-state index in [1.165, 1.54) is 10.7 Å². The van der Waals surface area contributed by atoms with Gasteiger partial charge in [-0.1, -0.05) is 0 Å². The fourth-order valence-electron chi connectivity index (χ4n) is 1.70. The molecule has 0 fully saturated rings. The van der Waals surface area contributed by atoms with Crippen LogP contribution in [0, 0.1) is 0 Å². The Bertz CT molecular complexity index is 241. The maximum atomic E-state index is 2.71. The van der Waals surface area contributed by atoms with E-state index in [1.807, 2.05) is 0 Å². The van der Waals surface area contributed by atoms with Crippen LogP contribution in [-0.4, -0.2) is 8.07 Å². The molecule has 14 heavy (non-hydrogen) atoms. The summed E-state index contributed by atoms with van der Waals surface area (Å²) in [6.45, 7) is 9.51. The zero-order chi connectivity index (χ0) is 8.65. The Hall–Kier alpha value is 1.15. The summed E-state index contributed by atoms with van der Waals surface area (Å²) in [6.07, 6.45) is 3.52. The molecule has 0 aliphatic heterocycles. The van der Waals surface area contributed by atoms with Gasteiger partial charge in [0.15, 0.2) is 0 Å². The van der Waals surface area contributed by atoms with Gasteiger partial charge in [0.05, 0.1) is 0 Å². The molecular weight excluding hydrogens is 293 g/mol. The molecule has 0 nitrogen and oxygen atoms in total. The SMILES string of the molecule is CC1=C([Si](C)(C)C)[C]([V+3])=CC1.[Cl-].[Cl-].[Cl-]. The van der Waals surface area contributed by atoms with E-state index in [0.717, 1.165) is 0 Å². The quantitative estimate of drug-likeness (QED) is 0.423. The Morgan fingerprint density at radius 1 is 1.14 bits per heavy atom. The number of allylic oxidation sites excluding steroid dienone is 4. The van der Waals surface area contributed by atoms with Crippen molar-refractivity contribution in [2.75, 3.05) is 0 Å². The summed E-state index contributed by atoms with van der Waals surface area (Å²) in [7, 11) is -1.05. The summed E-state index contributed by atoms with van der Waals surface area (Å²) >= 11 is 2.71. The number of halogens is 3. The standard InChI is InChI=1S/C9H15Si.3ClH.V/c1-8-6-5-7-9(8)10(2,3)4;;;;/h5H,6H2,1-4H3;3*1H;/q;;;;+3/p-3. The number of hydrogen-bond acceptors (Lipinski definition) is 0. The van der Waals surface area contributed by atoms with Crippen molar-refractivity contribution in [2.45, 2.75) is 33.0 Å². The summed E-state index contributed by atoms with van der Waals surface area (Å²) in [5.41, 5.74) is 1.60. The molecule has 0 N–H and O–H groups in total. The fraction of sp³-hybridized carbons (Fsp3) is 0.556. The minimum Gasteiger partial charge on any atom is -1.00 e. The molecule has 0 saturated heterocycles. The first-order valence-corrected chi connectivity index (χ1v) is 8.22. The summed E-state index contributed by atoms with van der Waals surface area (Å²) < 4.78 is 1.48. The maximum absolute atomic E-state index is 2.71. The second-order valence-corrected chi connectivity index (χ2v) is 9.95. The molecule has 0 unspecified atom stereocenters. The van der Waals surface area contributed by atoms with Crippen molar-refractivity contribution in [3.8, 4) is 0 Å². The Labute approximate surface area is 116 Å². The van der Waals surface area contributed by atoms with Crippen LogP contribution in [0.5, 0.6) is 0 Å². The average Bonchev–Trinajstić information content (AvgIpc) is 2.08. The van der Waals surface area contributed by atoms with Gasteiger partial charge in [-0.05, 0) is 0 Å². The summed E-state index contributed by atoms with van der Waals surface area (Å²) in [5.74, 6) is 0. The van der Waals surface area contributed by atoms with Gasteiger partial charge < -0.3 is 37.2 Å². The Kier molecular flexibility index (Phi) is 10.9. The van der Waals surface area contributed by atoms with Crippen molar-refractivity contribution < 1.29 is 54.6 Å². The smallest absolute Gasteiger partial charge is 1.00 e. The molecule has 0 saturated carbocycles. The molecule has 0 aromatic rings. The molecule has 0 atom stereocenters. The van der Waals surface area contributed by atoms with E-state index in [-0.39, 0.29) is 37.2 Å². The van der Waals surface area contributed by atoms with Crippen LogP contribution in [0.4, 0.5) is 0 Å². The van der Waals surface area contributed by atoms with Gasteiger partial charge in [-0.2, -0.15) is 0 Å². The van der Waals surface area contributed by atoms with Crippen LogP contribution in [0.15, 0.2) is 21.1 Å². The van der Waals surface area contributed by atoms with Crippen molar-refractivity contribution >= 4 is 8.07 Å². The second kappa shape index (κ2) is 7.43. The van der Waals surface area contributed by atoms with Crippen molar-refractivity contribution in [1.82, 2.24) is 0 Å². The Morgan fingerprint density at radius 3 is 1.71 bits per heavy atom. The van der Waals surface area contributed by atoms with Crippen LogP contribution in [0.2, 0.25) is 19.6 Å². The van der Waals surface area contributed by atoms with Crippen LogP contribution >= 0.6 is 0 Å². The zero-order valence-electron chi connectivity index (χ0n) is 8.87. The first-order valence-electron chi connectivity index (χ1n) is 4.02. The van der Waals surface area contributed by atoms with Gasteiger partial charge >= 0.3 is 79.6 Å².